The van der Waals surface area contributed by atoms with Crippen molar-refractivity contribution in [1.82, 2.24) is 14.5 Å². The zero-order valence-corrected chi connectivity index (χ0v) is 11.5. The van der Waals surface area contributed by atoms with Gasteiger partial charge in [-0.1, -0.05) is 18.2 Å². The summed E-state index contributed by atoms with van der Waals surface area (Å²) in [5.41, 5.74) is 10.6. The molecule has 0 bridgehead atoms. The zero-order valence-electron chi connectivity index (χ0n) is 11.5. The molecule has 0 aliphatic heterocycles. The molecular weight excluding hydrogens is 252 g/mol. The molecule has 2 aromatic heterocycles. The van der Waals surface area contributed by atoms with Crippen LogP contribution in [-0.4, -0.2) is 21.6 Å². The Morgan fingerprint density at radius 2 is 1.95 bits per heavy atom. The van der Waals surface area contributed by atoms with Gasteiger partial charge in [0, 0.05) is 18.4 Å². The Morgan fingerprint density at radius 1 is 1.15 bits per heavy atom. The summed E-state index contributed by atoms with van der Waals surface area (Å²) in [6.45, 7) is 2.47. The molecule has 20 heavy (non-hydrogen) atoms. The Morgan fingerprint density at radius 3 is 2.75 bits per heavy atom. The zero-order chi connectivity index (χ0) is 14.1. The molecule has 3 rings (SSSR count). The largest absolute Gasteiger partial charge is 0.380 e. The molecule has 102 valence electrons. The Labute approximate surface area is 117 Å². The number of anilines is 1. The first-order valence-electron chi connectivity index (χ1n) is 6.39. The van der Waals surface area contributed by atoms with Gasteiger partial charge in [0.25, 0.3) is 0 Å². The molecule has 0 saturated carbocycles. The van der Waals surface area contributed by atoms with Crippen LogP contribution in [-0.2, 0) is 11.3 Å². The van der Waals surface area contributed by atoms with E-state index in [1.165, 1.54) is 0 Å². The van der Waals surface area contributed by atoms with Crippen LogP contribution in [0.2, 0.25) is 0 Å². The van der Waals surface area contributed by atoms with Crippen molar-refractivity contribution in [3.63, 3.8) is 0 Å². The second kappa shape index (κ2) is 4.94. The van der Waals surface area contributed by atoms with E-state index in [0.29, 0.717) is 12.6 Å². The number of benzene rings is 1. The molecule has 0 saturated heterocycles. The maximum Gasteiger partial charge on any atom is 0.207 e. The number of fused-ring (bicyclic) bond motifs is 1. The number of imidazole rings is 1. The molecule has 0 atom stereocenters. The van der Waals surface area contributed by atoms with Gasteiger partial charge in [0.05, 0.1) is 12.3 Å². The number of rotatable bonds is 3. The second-order valence-corrected chi connectivity index (χ2v) is 4.66. The number of nitrogen functional groups attached to an aromatic ring is 1. The predicted molar refractivity (Wildman–Crippen MR) is 78.7 cm³/mol. The van der Waals surface area contributed by atoms with Crippen molar-refractivity contribution in [3.05, 3.63) is 47.7 Å². The highest BCUT2D eigenvalue weighted by Gasteiger charge is 2.14. The monoisotopic (exact) mass is 268 g/mol. The summed E-state index contributed by atoms with van der Waals surface area (Å²) in [6.07, 6.45) is 0. The summed E-state index contributed by atoms with van der Waals surface area (Å²) in [4.78, 5) is 8.92. The molecule has 0 unspecified atom stereocenters. The number of ether oxygens (including phenoxy) is 1. The quantitative estimate of drug-likeness (QED) is 0.792. The van der Waals surface area contributed by atoms with Crippen LogP contribution in [0.3, 0.4) is 0 Å². The van der Waals surface area contributed by atoms with Gasteiger partial charge in [0.15, 0.2) is 5.65 Å². The fourth-order valence-electron chi connectivity index (χ4n) is 2.31. The van der Waals surface area contributed by atoms with Gasteiger partial charge >= 0.3 is 0 Å². The fourth-order valence-corrected chi connectivity index (χ4v) is 2.31. The van der Waals surface area contributed by atoms with Crippen molar-refractivity contribution >= 4 is 17.1 Å². The van der Waals surface area contributed by atoms with Crippen molar-refractivity contribution in [2.45, 2.75) is 13.5 Å². The summed E-state index contributed by atoms with van der Waals surface area (Å²) < 4.78 is 7.12. The number of hydrogen-bond acceptors (Lipinski definition) is 4. The molecule has 0 aliphatic carbocycles. The molecule has 1 aromatic carbocycles. The Kier molecular flexibility index (Phi) is 3.12. The maximum atomic E-state index is 6.07. The van der Waals surface area contributed by atoms with Gasteiger partial charge in [-0.05, 0) is 25.1 Å². The first-order chi connectivity index (χ1) is 9.70. The molecule has 2 heterocycles. The third-order valence-corrected chi connectivity index (χ3v) is 3.20. The highest BCUT2D eigenvalue weighted by atomic mass is 16.5. The number of nitrogens with two attached hydrogens (primary N) is 1. The number of hydrogen-bond donors (Lipinski definition) is 1. The fraction of sp³-hybridized carbons (Fsp3) is 0.200. The van der Waals surface area contributed by atoms with Crippen molar-refractivity contribution < 1.29 is 4.74 Å². The Bertz CT molecular complexity index is 764. The molecule has 5 heteroatoms. The second-order valence-electron chi connectivity index (χ2n) is 4.66. The third kappa shape index (κ3) is 2.02. The summed E-state index contributed by atoms with van der Waals surface area (Å²) >= 11 is 0. The van der Waals surface area contributed by atoms with Gasteiger partial charge in [0.1, 0.15) is 5.52 Å². The van der Waals surface area contributed by atoms with E-state index in [1.54, 1.807) is 7.11 Å². The van der Waals surface area contributed by atoms with Gasteiger partial charge in [-0.2, -0.15) is 0 Å². The van der Waals surface area contributed by atoms with Crippen molar-refractivity contribution in [2.24, 2.45) is 0 Å². The topological polar surface area (TPSA) is 66.0 Å². The van der Waals surface area contributed by atoms with Gasteiger partial charge in [-0.15, -0.1) is 0 Å². The maximum absolute atomic E-state index is 6.07. The third-order valence-electron chi connectivity index (χ3n) is 3.20. The number of aromatic nitrogens is 3. The first-order valence-corrected chi connectivity index (χ1v) is 6.39. The van der Waals surface area contributed by atoms with Crippen LogP contribution in [0.4, 0.5) is 5.95 Å². The van der Waals surface area contributed by atoms with Gasteiger partial charge in [-0.3, -0.25) is 4.57 Å². The SMILES string of the molecule is COCc1ccccc1-n1c(N)nc2ccc(C)nc21. The molecule has 5 nitrogen and oxygen atoms in total. The lowest BCUT2D eigenvalue weighted by Crippen LogP contribution is -2.05. The molecule has 0 fully saturated rings. The van der Waals surface area contributed by atoms with E-state index in [0.717, 1.165) is 28.1 Å². The molecule has 0 aliphatic rings. The number of methoxy groups -OCH3 is 1. The van der Waals surface area contributed by atoms with Crippen LogP contribution < -0.4 is 5.73 Å². The van der Waals surface area contributed by atoms with Gasteiger partial charge in [0.2, 0.25) is 5.95 Å². The Balaban J connectivity index is 2.29. The van der Waals surface area contributed by atoms with Crippen molar-refractivity contribution in [2.75, 3.05) is 12.8 Å². The van der Waals surface area contributed by atoms with E-state index in [1.807, 2.05) is 47.9 Å². The average molecular weight is 268 g/mol. The van der Waals surface area contributed by atoms with E-state index in [-0.39, 0.29) is 0 Å². The summed E-state index contributed by atoms with van der Waals surface area (Å²) in [5, 5.41) is 0. The van der Waals surface area contributed by atoms with Crippen molar-refractivity contribution in [1.29, 1.82) is 0 Å². The first kappa shape index (κ1) is 12.6. The minimum Gasteiger partial charge on any atom is -0.380 e. The summed E-state index contributed by atoms with van der Waals surface area (Å²) in [5.74, 6) is 0.432. The van der Waals surface area contributed by atoms with Crippen LogP contribution in [0.5, 0.6) is 0 Å². The number of nitrogens with zero attached hydrogens (tertiary/aromatic N) is 3. The van der Waals surface area contributed by atoms with E-state index < -0.39 is 0 Å². The Hall–Kier alpha value is -2.40. The lowest BCUT2D eigenvalue weighted by Gasteiger charge is -2.11. The van der Waals surface area contributed by atoms with E-state index in [2.05, 4.69) is 9.97 Å². The number of aryl methyl sites for hydroxylation is 1. The van der Waals surface area contributed by atoms with Crippen LogP contribution in [0.15, 0.2) is 36.4 Å². The number of pyridine rings is 1. The molecule has 3 aromatic rings. The van der Waals surface area contributed by atoms with Crippen LogP contribution in [0.1, 0.15) is 11.3 Å². The van der Waals surface area contributed by atoms with Gasteiger partial charge in [-0.25, -0.2) is 9.97 Å². The minimum absolute atomic E-state index is 0.432. The molecule has 2 N–H and O–H groups in total. The lowest BCUT2D eigenvalue weighted by atomic mass is 10.2. The van der Waals surface area contributed by atoms with E-state index >= 15 is 0 Å². The standard InChI is InChI=1S/C15H16N4O/c1-10-7-8-12-14(17-10)19(15(16)18-12)13-6-4-3-5-11(13)9-20-2/h3-8H,9H2,1-2H3,(H2,16,18). The summed E-state index contributed by atoms with van der Waals surface area (Å²) in [6, 6.07) is 11.8. The average Bonchev–Trinajstić information content (AvgIpc) is 2.75. The van der Waals surface area contributed by atoms with Crippen LogP contribution in [0, 0.1) is 6.92 Å². The van der Waals surface area contributed by atoms with Crippen molar-refractivity contribution in [3.8, 4) is 5.69 Å². The number of para-hydroxylation sites is 1. The molecule has 0 radical (unpaired) electrons. The van der Waals surface area contributed by atoms with E-state index in [4.69, 9.17) is 10.5 Å². The molecular formula is C15H16N4O. The predicted octanol–water partition coefficient (Wildman–Crippen LogP) is 2.46. The normalized spacial score (nSPS) is 11.1. The van der Waals surface area contributed by atoms with E-state index in [9.17, 15) is 0 Å². The van der Waals surface area contributed by atoms with Gasteiger partial charge < -0.3 is 10.5 Å². The minimum atomic E-state index is 0.432. The lowest BCUT2D eigenvalue weighted by molar-refractivity contribution is 0.185. The smallest absolute Gasteiger partial charge is 0.207 e. The highest BCUT2D eigenvalue weighted by Crippen LogP contribution is 2.24. The molecule has 0 amide bonds. The summed E-state index contributed by atoms with van der Waals surface area (Å²) in [7, 11) is 1.68. The van der Waals surface area contributed by atoms with Crippen LogP contribution >= 0.6 is 0 Å². The highest BCUT2D eigenvalue weighted by molar-refractivity contribution is 5.77. The molecule has 0 spiro atoms. The van der Waals surface area contributed by atoms with Crippen LogP contribution in [0.25, 0.3) is 16.9 Å².